The van der Waals surface area contributed by atoms with Gasteiger partial charge in [-0.1, -0.05) is 41.4 Å². The molecule has 2 unspecified atom stereocenters. The van der Waals surface area contributed by atoms with Gasteiger partial charge in [0.1, 0.15) is 0 Å². The molecule has 1 nitrogen and oxygen atoms in total. The lowest BCUT2D eigenvalue weighted by Gasteiger charge is -2.26. The minimum atomic E-state index is -0.0344. The first kappa shape index (κ1) is 9.75. The summed E-state index contributed by atoms with van der Waals surface area (Å²) >= 11 is 0. The Bertz CT molecular complexity index is 108. The molecule has 0 heterocycles. The zero-order valence-electron chi connectivity index (χ0n) is 6.95. The van der Waals surface area contributed by atoms with Gasteiger partial charge in [-0.3, -0.25) is 0 Å². The molecule has 0 spiro atoms. The maximum atomic E-state index is 9.56. The van der Waals surface area contributed by atoms with Gasteiger partial charge in [-0.25, -0.2) is 0 Å². The monoisotopic (exact) mass is 192 g/mol. The lowest BCUT2D eigenvalue weighted by Crippen LogP contribution is -2.25. The maximum absolute atomic E-state index is 9.56. The first-order chi connectivity index (χ1) is 5.34. The molecule has 1 N–H and O–H groups in total. The summed E-state index contributed by atoms with van der Waals surface area (Å²) in [6.45, 7) is 2.16. The molecule has 66 valence electrons. The van der Waals surface area contributed by atoms with Crippen LogP contribution in [0.3, 0.4) is 0 Å². The Kier molecular flexibility index (Phi) is 4.72. The van der Waals surface area contributed by atoms with Crippen molar-refractivity contribution in [3.63, 3.8) is 0 Å². The summed E-state index contributed by atoms with van der Waals surface area (Å²) in [6, 6.07) is 0. The lowest BCUT2D eigenvalue weighted by atomic mass is 9.97. The third-order valence-corrected chi connectivity index (χ3v) is 5.00. The Labute approximate surface area is 76.7 Å². The summed E-state index contributed by atoms with van der Waals surface area (Å²) in [6.07, 6.45) is 4.71. The van der Waals surface area contributed by atoms with E-state index in [2.05, 4.69) is 6.92 Å². The van der Waals surface area contributed by atoms with Crippen molar-refractivity contribution >= 4 is 21.6 Å². The fraction of sp³-hybridized carbons (Fsp3) is 1.00. The van der Waals surface area contributed by atoms with E-state index in [1.165, 1.54) is 19.3 Å². The predicted molar refractivity (Wildman–Crippen MR) is 54.0 cm³/mol. The van der Waals surface area contributed by atoms with Crippen LogP contribution in [0.1, 0.15) is 32.6 Å². The van der Waals surface area contributed by atoms with Crippen molar-refractivity contribution in [1.29, 1.82) is 0 Å². The molecule has 2 atom stereocenters. The summed E-state index contributed by atoms with van der Waals surface area (Å²) in [5, 5.41) is 10.1. The Morgan fingerprint density at radius 2 is 2.09 bits per heavy atom. The SMILES string of the molecule is CCSSC1CCCCC1O. The van der Waals surface area contributed by atoms with Gasteiger partial charge in [0.15, 0.2) is 0 Å². The average Bonchev–Trinajstić information content (AvgIpc) is 2.03. The standard InChI is InChI=1S/C8H16OS2/c1-2-10-11-8-6-4-3-5-7(8)9/h7-9H,2-6H2,1H3. The predicted octanol–water partition coefficient (Wildman–Crippen LogP) is 2.69. The van der Waals surface area contributed by atoms with Crippen molar-refractivity contribution in [2.24, 2.45) is 0 Å². The second-order valence-electron chi connectivity index (χ2n) is 2.89. The summed E-state index contributed by atoms with van der Waals surface area (Å²) in [5.74, 6) is 1.15. The highest BCUT2D eigenvalue weighted by Crippen LogP contribution is 2.35. The normalized spacial score (nSPS) is 32.2. The molecule has 0 aromatic heterocycles. The molecule has 0 amide bonds. The van der Waals surface area contributed by atoms with Gasteiger partial charge >= 0.3 is 0 Å². The van der Waals surface area contributed by atoms with Crippen molar-refractivity contribution in [3.8, 4) is 0 Å². The van der Waals surface area contributed by atoms with E-state index in [0.29, 0.717) is 5.25 Å². The van der Waals surface area contributed by atoms with Gasteiger partial charge in [0.05, 0.1) is 6.10 Å². The highest BCUT2D eigenvalue weighted by atomic mass is 33.1. The quantitative estimate of drug-likeness (QED) is 0.694. The second-order valence-corrected chi connectivity index (χ2v) is 5.79. The molecular formula is C8H16OS2. The van der Waals surface area contributed by atoms with E-state index in [0.717, 1.165) is 12.2 Å². The molecule has 1 aliphatic carbocycles. The zero-order valence-corrected chi connectivity index (χ0v) is 8.59. The Hall–Kier alpha value is 0.660. The van der Waals surface area contributed by atoms with Crippen LogP contribution in [0, 0.1) is 0 Å². The number of hydrogen-bond acceptors (Lipinski definition) is 3. The molecule has 11 heavy (non-hydrogen) atoms. The Balaban J connectivity index is 2.18. The summed E-state index contributed by atoms with van der Waals surface area (Å²) in [4.78, 5) is 0. The molecule has 0 aromatic carbocycles. The molecule has 1 rings (SSSR count). The summed E-state index contributed by atoms with van der Waals surface area (Å²) in [5.41, 5.74) is 0. The topological polar surface area (TPSA) is 20.2 Å². The second kappa shape index (κ2) is 5.33. The van der Waals surface area contributed by atoms with Crippen molar-refractivity contribution in [1.82, 2.24) is 0 Å². The van der Waals surface area contributed by atoms with Gasteiger partial charge in [0.2, 0.25) is 0 Å². The first-order valence-electron chi connectivity index (χ1n) is 4.31. The Morgan fingerprint density at radius 3 is 2.73 bits per heavy atom. The molecule has 1 aliphatic rings. The van der Waals surface area contributed by atoms with Gasteiger partial charge in [0.25, 0.3) is 0 Å². The van der Waals surface area contributed by atoms with E-state index in [-0.39, 0.29) is 6.10 Å². The highest BCUT2D eigenvalue weighted by molar-refractivity contribution is 8.76. The molecule has 0 saturated heterocycles. The third-order valence-electron chi connectivity index (χ3n) is 1.98. The molecular weight excluding hydrogens is 176 g/mol. The molecule has 0 bridgehead atoms. The van der Waals surface area contributed by atoms with Crippen molar-refractivity contribution in [2.45, 2.75) is 44.0 Å². The first-order valence-corrected chi connectivity index (χ1v) is 6.69. The van der Waals surface area contributed by atoms with Crippen LogP contribution in [0.25, 0.3) is 0 Å². The molecule has 0 radical (unpaired) electrons. The number of aliphatic hydroxyl groups is 1. The van der Waals surface area contributed by atoms with Crippen molar-refractivity contribution < 1.29 is 5.11 Å². The van der Waals surface area contributed by atoms with Crippen molar-refractivity contribution in [2.75, 3.05) is 5.75 Å². The van der Waals surface area contributed by atoms with E-state index in [9.17, 15) is 5.11 Å². The van der Waals surface area contributed by atoms with Crippen molar-refractivity contribution in [3.05, 3.63) is 0 Å². The van der Waals surface area contributed by atoms with Crippen LogP contribution in [0.4, 0.5) is 0 Å². The zero-order chi connectivity index (χ0) is 8.10. The molecule has 3 heteroatoms. The van der Waals surface area contributed by atoms with E-state index >= 15 is 0 Å². The van der Waals surface area contributed by atoms with Gasteiger partial charge in [-0.05, 0) is 12.8 Å². The van der Waals surface area contributed by atoms with Crippen LogP contribution < -0.4 is 0 Å². The van der Waals surface area contributed by atoms with Gasteiger partial charge < -0.3 is 5.11 Å². The fourth-order valence-corrected chi connectivity index (χ4v) is 3.79. The van der Waals surface area contributed by atoms with E-state index in [1.807, 2.05) is 21.6 Å². The average molecular weight is 192 g/mol. The fourth-order valence-electron chi connectivity index (χ4n) is 1.34. The number of hydrogen-bond donors (Lipinski definition) is 1. The Morgan fingerprint density at radius 1 is 1.36 bits per heavy atom. The van der Waals surface area contributed by atoms with Gasteiger partial charge in [-0.2, -0.15) is 0 Å². The van der Waals surface area contributed by atoms with E-state index in [1.54, 1.807) is 0 Å². The van der Waals surface area contributed by atoms with Gasteiger partial charge in [-0.15, -0.1) is 0 Å². The van der Waals surface area contributed by atoms with Crippen LogP contribution in [0.15, 0.2) is 0 Å². The summed E-state index contributed by atoms with van der Waals surface area (Å²) in [7, 11) is 3.75. The number of rotatable bonds is 3. The highest BCUT2D eigenvalue weighted by Gasteiger charge is 2.22. The smallest absolute Gasteiger partial charge is 0.0667 e. The van der Waals surface area contributed by atoms with Crippen LogP contribution in [0.2, 0.25) is 0 Å². The largest absolute Gasteiger partial charge is 0.392 e. The minimum Gasteiger partial charge on any atom is -0.392 e. The van der Waals surface area contributed by atoms with Crippen LogP contribution in [-0.2, 0) is 0 Å². The maximum Gasteiger partial charge on any atom is 0.0667 e. The van der Waals surface area contributed by atoms with Gasteiger partial charge in [0, 0.05) is 11.0 Å². The molecule has 0 aliphatic heterocycles. The number of aliphatic hydroxyl groups excluding tert-OH is 1. The summed E-state index contributed by atoms with van der Waals surface area (Å²) < 4.78 is 0. The van der Waals surface area contributed by atoms with Crippen LogP contribution in [0.5, 0.6) is 0 Å². The van der Waals surface area contributed by atoms with Crippen LogP contribution in [-0.4, -0.2) is 22.2 Å². The molecule has 1 saturated carbocycles. The third kappa shape index (κ3) is 3.26. The lowest BCUT2D eigenvalue weighted by molar-refractivity contribution is 0.137. The molecule has 1 fully saturated rings. The van der Waals surface area contributed by atoms with E-state index < -0.39 is 0 Å². The minimum absolute atomic E-state index is 0.0344. The van der Waals surface area contributed by atoms with E-state index in [4.69, 9.17) is 0 Å². The molecule has 0 aromatic rings. The van der Waals surface area contributed by atoms with Crippen LogP contribution >= 0.6 is 21.6 Å².